The molecule has 1 aliphatic rings. The highest BCUT2D eigenvalue weighted by Crippen LogP contribution is 2.39. The van der Waals surface area contributed by atoms with E-state index in [1.807, 2.05) is 6.92 Å². The summed E-state index contributed by atoms with van der Waals surface area (Å²) in [5.74, 6) is 0.100. The normalized spacial score (nSPS) is 15.8. The van der Waals surface area contributed by atoms with Gasteiger partial charge in [-0.2, -0.15) is 8.78 Å². The molecule has 0 bridgehead atoms. The van der Waals surface area contributed by atoms with Crippen LogP contribution in [0.15, 0.2) is 24.3 Å². The number of halogens is 3. The molecule has 1 unspecified atom stereocenters. The van der Waals surface area contributed by atoms with Gasteiger partial charge in [-0.3, -0.25) is 4.79 Å². The molecule has 0 saturated heterocycles. The van der Waals surface area contributed by atoms with E-state index in [1.165, 1.54) is 16.8 Å². The molecule has 1 saturated carbocycles. The predicted octanol–water partition coefficient (Wildman–Crippen LogP) is 2.46. The first-order valence-electron chi connectivity index (χ1n) is 8.34. The lowest BCUT2D eigenvalue weighted by molar-refractivity contribution is -0.0498. The van der Waals surface area contributed by atoms with Crippen molar-refractivity contribution in [2.24, 2.45) is 11.7 Å². The van der Waals surface area contributed by atoms with E-state index in [-0.39, 0.29) is 29.8 Å². The zero-order valence-corrected chi connectivity index (χ0v) is 15.8. The summed E-state index contributed by atoms with van der Waals surface area (Å²) < 4.78 is 30.2. The van der Waals surface area contributed by atoms with Crippen molar-refractivity contribution in [2.45, 2.75) is 38.8 Å². The minimum atomic E-state index is -2.88. The summed E-state index contributed by atoms with van der Waals surface area (Å²) in [5, 5.41) is 10.9. The number of benzene rings is 1. The summed E-state index contributed by atoms with van der Waals surface area (Å²) in [4.78, 5) is 12.6. The van der Waals surface area contributed by atoms with Gasteiger partial charge in [0.25, 0.3) is 5.91 Å². The van der Waals surface area contributed by atoms with Crippen molar-refractivity contribution in [1.29, 1.82) is 0 Å². The molecule has 0 radical (unpaired) electrons. The summed E-state index contributed by atoms with van der Waals surface area (Å²) in [6.07, 6.45) is 2.10. The van der Waals surface area contributed by atoms with Crippen molar-refractivity contribution >= 4 is 18.3 Å². The number of ether oxygens (including phenoxy) is 1. The van der Waals surface area contributed by atoms with Gasteiger partial charge in [0.2, 0.25) is 0 Å². The van der Waals surface area contributed by atoms with Crippen LogP contribution in [-0.2, 0) is 0 Å². The van der Waals surface area contributed by atoms with Gasteiger partial charge in [-0.15, -0.1) is 17.5 Å². The van der Waals surface area contributed by atoms with E-state index in [1.54, 1.807) is 19.1 Å². The first kappa shape index (κ1) is 21.0. The average molecular weight is 402 g/mol. The molecule has 7 nitrogen and oxygen atoms in total. The van der Waals surface area contributed by atoms with E-state index in [2.05, 4.69) is 20.4 Å². The van der Waals surface area contributed by atoms with Gasteiger partial charge in [-0.25, -0.2) is 4.68 Å². The van der Waals surface area contributed by atoms with Crippen molar-refractivity contribution in [1.82, 2.24) is 20.3 Å². The lowest BCUT2D eigenvalue weighted by Gasteiger charge is -2.29. The summed E-state index contributed by atoms with van der Waals surface area (Å²) in [5.41, 5.74) is 6.71. The summed E-state index contributed by atoms with van der Waals surface area (Å²) in [7, 11) is 0. The fraction of sp³-hybridized carbons (Fsp3) is 0.471. The molecule has 2 aromatic rings. The molecule has 1 aromatic carbocycles. The van der Waals surface area contributed by atoms with Crippen LogP contribution in [0, 0.1) is 12.8 Å². The lowest BCUT2D eigenvalue weighted by Crippen LogP contribution is -2.53. The van der Waals surface area contributed by atoms with Crippen LogP contribution in [0.2, 0.25) is 0 Å². The first-order chi connectivity index (χ1) is 12.3. The predicted molar refractivity (Wildman–Crippen MR) is 97.6 cm³/mol. The Morgan fingerprint density at radius 1 is 1.41 bits per heavy atom. The Bertz CT molecular complexity index is 795. The molecule has 0 aliphatic heterocycles. The average Bonchev–Trinajstić information content (AvgIpc) is 3.38. The highest BCUT2D eigenvalue weighted by atomic mass is 35.5. The Morgan fingerprint density at radius 3 is 2.56 bits per heavy atom. The fourth-order valence-corrected chi connectivity index (χ4v) is 2.91. The molecular formula is C17H22ClF2N5O2. The summed E-state index contributed by atoms with van der Waals surface area (Å²) in [6, 6.07) is 5.94. The van der Waals surface area contributed by atoms with Crippen LogP contribution in [0.5, 0.6) is 5.75 Å². The molecule has 1 aliphatic carbocycles. The molecule has 1 atom stereocenters. The second kappa shape index (κ2) is 8.18. The minimum absolute atomic E-state index is 0. The second-order valence-corrected chi connectivity index (χ2v) is 6.66. The van der Waals surface area contributed by atoms with Gasteiger partial charge in [-0.1, -0.05) is 5.21 Å². The van der Waals surface area contributed by atoms with Gasteiger partial charge in [0.15, 0.2) is 5.69 Å². The number of carbonyl (C=O) groups is 1. The Balaban J connectivity index is 0.00000261. The van der Waals surface area contributed by atoms with Crippen LogP contribution in [-0.4, -0.2) is 39.6 Å². The maximum Gasteiger partial charge on any atom is 0.387 e. The number of amides is 1. The maximum atomic E-state index is 12.6. The van der Waals surface area contributed by atoms with Crippen molar-refractivity contribution in [3.63, 3.8) is 0 Å². The molecule has 1 fully saturated rings. The fourth-order valence-electron chi connectivity index (χ4n) is 2.91. The van der Waals surface area contributed by atoms with Crippen LogP contribution in [0.1, 0.15) is 35.9 Å². The molecular weight excluding hydrogens is 380 g/mol. The number of alkyl halides is 2. The standard InChI is InChI=1S/C17H21F2N5O2.ClH/c1-10-14(15(25)21-17(2,9-20)11-3-4-11)22-23-24(10)12-5-7-13(8-6-12)26-16(18)19;/h5-8,11,16H,3-4,9,20H2,1-2H3,(H,21,25);1H. The van der Waals surface area contributed by atoms with Gasteiger partial charge in [0, 0.05) is 6.54 Å². The number of rotatable bonds is 7. The van der Waals surface area contributed by atoms with Crippen LogP contribution < -0.4 is 15.8 Å². The maximum absolute atomic E-state index is 12.6. The summed E-state index contributed by atoms with van der Waals surface area (Å²) in [6.45, 7) is 1.12. The quantitative estimate of drug-likeness (QED) is 0.743. The smallest absolute Gasteiger partial charge is 0.387 e. The van der Waals surface area contributed by atoms with E-state index in [0.29, 0.717) is 23.8 Å². The SMILES string of the molecule is Cc1c(C(=O)NC(C)(CN)C2CC2)nnn1-c1ccc(OC(F)F)cc1.Cl. The highest BCUT2D eigenvalue weighted by Gasteiger charge is 2.42. The minimum Gasteiger partial charge on any atom is -0.435 e. The Kier molecular flexibility index (Phi) is 6.38. The zero-order chi connectivity index (χ0) is 18.9. The number of carbonyl (C=O) groups excluding carboxylic acids is 1. The molecule has 1 aromatic heterocycles. The van der Waals surface area contributed by atoms with Crippen molar-refractivity contribution < 1.29 is 18.3 Å². The van der Waals surface area contributed by atoms with Gasteiger partial charge < -0.3 is 15.8 Å². The van der Waals surface area contributed by atoms with Crippen LogP contribution >= 0.6 is 12.4 Å². The first-order valence-corrected chi connectivity index (χ1v) is 8.34. The number of nitrogens with zero attached hydrogens (tertiary/aromatic N) is 3. The van der Waals surface area contributed by atoms with E-state index < -0.39 is 12.2 Å². The molecule has 3 N–H and O–H groups in total. The van der Waals surface area contributed by atoms with Crippen molar-refractivity contribution in [3.8, 4) is 11.4 Å². The van der Waals surface area contributed by atoms with Crippen LogP contribution in [0.25, 0.3) is 5.69 Å². The molecule has 148 valence electrons. The van der Waals surface area contributed by atoms with Crippen molar-refractivity contribution in [2.75, 3.05) is 6.54 Å². The largest absolute Gasteiger partial charge is 0.435 e. The molecule has 1 heterocycles. The van der Waals surface area contributed by atoms with Gasteiger partial charge in [-0.05, 0) is 56.9 Å². The molecule has 27 heavy (non-hydrogen) atoms. The van der Waals surface area contributed by atoms with Crippen LogP contribution in [0.4, 0.5) is 8.78 Å². The topological polar surface area (TPSA) is 95.1 Å². The number of aromatic nitrogens is 3. The van der Waals surface area contributed by atoms with E-state index in [4.69, 9.17) is 5.73 Å². The third-order valence-corrected chi connectivity index (χ3v) is 4.72. The number of nitrogens with two attached hydrogens (primary N) is 1. The third kappa shape index (κ3) is 4.54. The van der Waals surface area contributed by atoms with Gasteiger partial charge >= 0.3 is 6.61 Å². The Hall–Kier alpha value is -2.26. The Morgan fingerprint density at radius 2 is 2.04 bits per heavy atom. The monoisotopic (exact) mass is 401 g/mol. The summed E-state index contributed by atoms with van der Waals surface area (Å²) >= 11 is 0. The molecule has 3 rings (SSSR count). The number of hydrogen-bond acceptors (Lipinski definition) is 5. The lowest BCUT2D eigenvalue weighted by atomic mass is 9.95. The molecule has 1 amide bonds. The van der Waals surface area contributed by atoms with Gasteiger partial charge in [0.1, 0.15) is 5.75 Å². The molecule has 10 heteroatoms. The van der Waals surface area contributed by atoms with E-state index >= 15 is 0 Å². The number of nitrogens with one attached hydrogen (secondary N) is 1. The van der Waals surface area contributed by atoms with Gasteiger partial charge in [0.05, 0.1) is 16.9 Å². The van der Waals surface area contributed by atoms with Crippen LogP contribution in [0.3, 0.4) is 0 Å². The highest BCUT2D eigenvalue weighted by molar-refractivity contribution is 5.93. The van der Waals surface area contributed by atoms with E-state index in [0.717, 1.165) is 12.8 Å². The van der Waals surface area contributed by atoms with E-state index in [9.17, 15) is 13.6 Å². The number of hydrogen-bond donors (Lipinski definition) is 2. The second-order valence-electron chi connectivity index (χ2n) is 6.66. The van der Waals surface area contributed by atoms with Crippen molar-refractivity contribution in [3.05, 3.63) is 35.7 Å². The third-order valence-electron chi connectivity index (χ3n) is 4.72. The Labute approximate surface area is 161 Å². The zero-order valence-electron chi connectivity index (χ0n) is 15.0. The molecule has 0 spiro atoms.